The summed E-state index contributed by atoms with van der Waals surface area (Å²) in [6.45, 7) is 1.08. The summed E-state index contributed by atoms with van der Waals surface area (Å²) in [6, 6.07) is 9.15. The molecule has 2 aliphatic carbocycles. The molecular weight excluding hydrogens is 246 g/mol. The van der Waals surface area contributed by atoms with E-state index in [1.54, 1.807) is 7.11 Å². The summed E-state index contributed by atoms with van der Waals surface area (Å²) in [5.74, 6) is 1.02. The fraction of sp³-hybridized carbons (Fsp3) is 0.667. The van der Waals surface area contributed by atoms with Gasteiger partial charge in [-0.05, 0) is 55.7 Å². The van der Waals surface area contributed by atoms with Crippen molar-refractivity contribution in [2.24, 2.45) is 5.41 Å². The highest BCUT2D eigenvalue weighted by molar-refractivity contribution is 5.33. The highest BCUT2D eigenvalue weighted by atomic mass is 16.5. The lowest BCUT2D eigenvalue weighted by atomic mass is 9.57. The Hall–Kier alpha value is -1.02. The van der Waals surface area contributed by atoms with Crippen LogP contribution in [0.1, 0.15) is 50.5 Å². The lowest BCUT2D eigenvalue weighted by Crippen LogP contribution is -2.54. The fourth-order valence-corrected chi connectivity index (χ4v) is 4.16. The minimum atomic E-state index is 0.666. The van der Waals surface area contributed by atoms with E-state index in [9.17, 15) is 0 Å². The molecule has 0 aliphatic heterocycles. The molecule has 0 saturated heterocycles. The number of hydrogen-bond donors (Lipinski definition) is 1. The van der Waals surface area contributed by atoms with Crippen LogP contribution in [0.3, 0.4) is 0 Å². The van der Waals surface area contributed by atoms with Gasteiger partial charge in [0.2, 0.25) is 0 Å². The van der Waals surface area contributed by atoms with Crippen LogP contribution in [0.4, 0.5) is 0 Å². The first kappa shape index (κ1) is 13.9. The maximum absolute atomic E-state index is 5.43. The third-order valence-electron chi connectivity index (χ3n) is 5.50. The number of ether oxygens (including phenoxy) is 1. The van der Waals surface area contributed by atoms with Crippen molar-refractivity contribution in [2.75, 3.05) is 13.7 Å². The lowest BCUT2D eigenvalue weighted by Gasteiger charge is -2.52. The van der Waals surface area contributed by atoms with E-state index in [1.165, 1.54) is 50.5 Å². The summed E-state index contributed by atoms with van der Waals surface area (Å²) >= 11 is 0. The van der Waals surface area contributed by atoms with Gasteiger partial charge >= 0.3 is 0 Å². The molecule has 0 aromatic heterocycles. The first-order valence-corrected chi connectivity index (χ1v) is 8.19. The van der Waals surface area contributed by atoms with Crippen LogP contribution in [0.15, 0.2) is 24.3 Å². The quantitative estimate of drug-likeness (QED) is 0.877. The zero-order valence-corrected chi connectivity index (χ0v) is 12.7. The van der Waals surface area contributed by atoms with Gasteiger partial charge in [0.1, 0.15) is 5.75 Å². The second-order valence-electron chi connectivity index (χ2n) is 6.53. The molecule has 3 rings (SSSR count). The van der Waals surface area contributed by atoms with Crippen molar-refractivity contribution in [1.29, 1.82) is 0 Å². The van der Waals surface area contributed by atoms with Gasteiger partial charge in [0.25, 0.3) is 0 Å². The zero-order valence-electron chi connectivity index (χ0n) is 12.7. The molecule has 1 aromatic rings. The molecule has 2 fully saturated rings. The fourth-order valence-electron chi connectivity index (χ4n) is 4.16. The number of para-hydroxylation sites is 1. The van der Waals surface area contributed by atoms with Crippen molar-refractivity contribution in [3.63, 3.8) is 0 Å². The SMILES string of the molecule is COc1ccccc1CCNC1CCC12CCCCC2. The average molecular weight is 273 g/mol. The highest BCUT2D eigenvalue weighted by Gasteiger charge is 2.46. The smallest absolute Gasteiger partial charge is 0.122 e. The molecule has 1 aromatic carbocycles. The Kier molecular flexibility index (Phi) is 4.30. The Morgan fingerprint density at radius 2 is 1.95 bits per heavy atom. The van der Waals surface area contributed by atoms with E-state index in [-0.39, 0.29) is 0 Å². The van der Waals surface area contributed by atoms with E-state index in [0.717, 1.165) is 24.8 Å². The predicted molar refractivity (Wildman–Crippen MR) is 83.2 cm³/mol. The zero-order chi connectivity index (χ0) is 13.8. The Bertz CT molecular complexity index is 437. The number of benzene rings is 1. The predicted octanol–water partition coefficient (Wildman–Crippen LogP) is 3.94. The van der Waals surface area contributed by atoms with Crippen LogP contribution in [0.2, 0.25) is 0 Å². The molecule has 1 unspecified atom stereocenters. The van der Waals surface area contributed by atoms with E-state index in [1.807, 2.05) is 6.07 Å². The normalized spacial score (nSPS) is 24.4. The molecule has 2 heteroatoms. The number of methoxy groups -OCH3 is 1. The Morgan fingerprint density at radius 3 is 2.65 bits per heavy atom. The topological polar surface area (TPSA) is 21.3 Å². The summed E-state index contributed by atoms with van der Waals surface area (Å²) in [7, 11) is 1.76. The molecule has 0 amide bonds. The van der Waals surface area contributed by atoms with Crippen LogP contribution in [-0.4, -0.2) is 19.7 Å². The summed E-state index contributed by atoms with van der Waals surface area (Å²) in [6.07, 6.45) is 11.2. The van der Waals surface area contributed by atoms with E-state index >= 15 is 0 Å². The highest BCUT2D eigenvalue weighted by Crippen LogP contribution is 2.51. The van der Waals surface area contributed by atoms with Crippen LogP contribution >= 0.6 is 0 Å². The summed E-state index contributed by atoms with van der Waals surface area (Å²) in [4.78, 5) is 0. The van der Waals surface area contributed by atoms with E-state index in [4.69, 9.17) is 4.74 Å². The van der Waals surface area contributed by atoms with Crippen molar-refractivity contribution >= 4 is 0 Å². The first-order valence-electron chi connectivity index (χ1n) is 8.19. The van der Waals surface area contributed by atoms with Gasteiger partial charge in [-0.15, -0.1) is 0 Å². The van der Waals surface area contributed by atoms with Gasteiger partial charge in [-0.1, -0.05) is 37.5 Å². The van der Waals surface area contributed by atoms with Crippen molar-refractivity contribution in [2.45, 2.75) is 57.4 Å². The van der Waals surface area contributed by atoms with Crippen LogP contribution in [0.25, 0.3) is 0 Å². The summed E-state index contributed by atoms with van der Waals surface area (Å²) in [5, 5.41) is 3.82. The molecule has 1 N–H and O–H groups in total. The standard InChI is InChI=1S/C18H27NO/c1-20-16-8-4-3-7-15(16)10-14-19-17-9-13-18(17)11-5-2-6-12-18/h3-4,7-8,17,19H,2,5-6,9-14H2,1H3. The van der Waals surface area contributed by atoms with Gasteiger partial charge in [0.05, 0.1) is 7.11 Å². The van der Waals surface area contributed by atoms with Crippen molar-refractivity contribution in [1.82, 2.24) is 5.32 Å². The maximum Gasteiger partial charge on any atom is 0.122 e. The monoisotopic (exact) mass is 273 g/mol. The van der Waals surface area contributed by atoms with Gasteiger partial charge in [0, 0.05) is 6.04 Å². The van der Waals surface area contributed by atoms with Crippen LogP contribution < -0.4 is 10.1 Å². The minimum Gasteiger partial charge on any atom is -0.496 e. The number of rotatable bonds is 5. The van der Waals surface area contributed by atoms with Gasteiger partial charge in [-0.25, -0.2) is 0 Å². The third kappa shape index (κ3) is 2.71. The molecule has 110 valence electrons. The van der Waals surface area contributed by atoms with Gasteiger partial charge in [0.15, 0.2) is 0 Å². The second-order valence-corrected chi connectivity index (χ2v) is 6.53. The van der Waals surface area contributed by atoms with Gasteiger partial charge in [-0.2, -0.15) is 0 Å². The van der Waals surface area contributed by atoms with Crippen molar-refractivity contribution < 1.29 is 4.74 Å². The maximum atomic E-state index is 5.43. The molecule has 0 radical (unpaired) electrons. The van der Waals surface area contributed by atoms with Gasteiger partial charge in [-0.3, -0.25) is 0 Å². The Morgan fingerprint density at radius 1 is 1.15 bits per heavy atom. The van der Waals surface area contributed by atoms with E-state index in [0.29, 0.717) is 5.41 Å². The van der Waals surface area contributed by atoms with E-state index < -0.39 is 0 Å². The summed E-state index contributed by atoms with van der Waals surface area (Å²) in [5.41, 5.74) is 1.98. The molecule has 0 heterocycles. The first-order chi connectivity index (χ1) is 9.84. The average Bonchev–Trinajstić information content (AvgIpc) is 2.51. The third-order valence-corrected chi connectivity index (χ3v) is 5.50. The van der Waals surface area contributed by atoms with Crippen LogP contribution in [0.5, 0.6) is 5.75 Å². The second kappa shape index (κ2) is 6.17. The van der Waals surface area contributed by atoms with Crippen LogP contribution in [-0.2, 0) is 6.42 Å². The van der Waals surface area contributed by atoms with Crippen LogP contribution in [0, 0.1) is 5.41 Å². The summed E-state index contributed by atoms with van der Waals surface area (Å²) < 4.78 is 5.43. The largest absolute Gasteiger partial charge is 0.496 e. The van der Waals surface area contributed by atoms with Crippen molar-refractivity contribution in [3.05, 3.63) is 29.8 Å². The molecule has 0 bridgehead atoms. The Labute approximate surface area is 122 Å². The number of hydrogen-bond acceptors (Lipinski definition) is 2. The molecule has 2 nitrogen and oxygen atoms in total. The van der Waals surface area contributed by atoms with Gasteiger partial charge < -0.3 is 10.1 Å². The molecule has 1 spiro atoms. The lowest BCUT2D eigenvalue weighted by molar-refractivity contribution is 0.0236. The number of nitrogens with one attached hydrogen (secondary N) is 1. The Balaban J connectivity index is 1.50. The minimum absolute atomic E-state index is 0.666. The van der Waals surface area contributed by atoms with E-state index in [2.05, 4.69) is 23.5 Å². The molecule has 2 aliphatic rings. The van der Waals surface area contributed by atoms with Crippen molar-refractivity contribution in [3.8, 4) is 5.75 Å². The molecule has 1 atom stereocenters. The molecular formula is C18H27NO. The molecule has 2 saturated carbocycles. The molecule has 20 heavy (non-hydrogen) atoms.